The summed E-state index contributed by atoms with van der Waals surface area (Å²) in [6.07, 6.45) is 0. The van der Waals surface area contributed by atoms with Crippen molar-refractivity contribution in [1.29, 1.82) is 0 Å². The number of fused-ring (bicyclic) bond motifs is 1. The third-order valence-electron chi connectivity index (χ3n) is 3.22. The molecule has 0 aliphatic rings. The second-order valence-corrected chi connectivity index (χ2v) is 5.78. The molecule has 98 valence electrons. The highest BCUT2D eigenvalue weighted by Crippen LogP contribution is 2.32. The summed E-state index contributed by atoms with van der Waals surface area (Å²) in [7, 11) is 0. The molecule has 2 heteroatoms. The fraction of sp³-hybridized carbons (Fsp3) is 0.0556. The Morgan fingerprint density at radius 2 is 1.55 bits per heavy atom. The van der Waals surface area contributed by atoms with Gasteiger partial charge in [0.2, 0.25) is 0 Å². The van der Waals surface area contributed by atoms with Crippen LogP contribution in [0.2, 0.25) is 0 Å². The molecule has 0 aromatic heterocycles. The zero-order valence-corrected chi connectivity index (χ0v) is 12.0. The van der Waals surface area contributed by atoms with Crippen molar-refractivity contribution in [3.05, 3.63) is 72.3 Å². The lowest BCUT2D eigenvalue weighted by Gasteiger charge is -2.07. The minimum Gasteiger partial charge on any atom is -0.294 e. The SMILES string of the molecule is CC(=O)c1ccccc1Sc1ccc2ccccc2c1. The number of hydrogen-bond acceptors (Lipinski definition) is 2. The minimum absolute atomic E-state index is 0.105. The van der Waals surface area contributed by atoms with Gasteiger partial charge in [0.15, 0.2) is 5.78 Å². The number of rotatable bonds is 3. The van der Waals surface area contributed by atoms with Crippen LogP contribution < -0.4 is 0 Å². The van der Waals surface area contributed by atoms with Gasteiger partial charge in [0.05, 0.1) is 0 Å². The van der Waals surface area contributed by atoms with Gasteiger partial charge in [-0.3, -0.25) is 4.79 Å². The maximum atomic E-state index is 11.7. The lowest BCUT2D eigenvalue weighted by atomic mass is 10.1. The average Bonchev–Trinajstić information content (AvgIpc) is 2.47. The molecule has 0 spiro atoms. The van der Waals surface area contributed by atoms with Crippen LogP contribution in [-0.2, 0) is 0 Å². The van der Waals surface area contributed by atoms with E-state index in [1.54, 1.807) is 18.7 Å². The summed E-state index contributed by atoms with van der Waals surface area (Å²) < 4.78 is 0. The van der Waals surface area contributed by atoms with E-state index < -0.39 is 0 Å². The Labute approximate surface area is 122 Å². The third kappa shape index (κ3) is 2.61. The normalized spacial score (nSPS) is 10.7. The first kappa shape index (κ1) is 12.9. The third-order valence-corrected chi connectivity index (χ3v) is 4.28. The highest BCUT2D eigenvalue weighted by molar-refractivity contribution is 7.99. The fourth-order valence-electron chi connectivity index (χ4n) is 2.20. The summed E-state index contributed by atoms with van der Waals surface area (Å²) in [5.74, 6) is 0.105. The highest BCUT2D eigenvalue weighted by Gasteiger charge is 2.07. The van der Waals surface area contributed by atoms with Crippen molar-refractivity contribution in [3.63, 3.8) is 0 Å². The first-order valence-corrected chi connectivity index (χ1v) is 7.32. The van der Waals surface area contributed by atoms with Gasteiger partial charge in [-0.1, -0.05) is 60.3 Å². The van der Waals surface area contributed by atoms with Gasteiger partial charge in [0.1, 0.15) is 0 Å². The summed E-state index contributed by atoms with van der Waals surface area (Å²) in [6.45, 7) is 1.61. The zero-order chi connectivity index (χ0) is 13.9. The Balaban J connectivity index is 1.99. The number of Topliss-reactive ketones (excluding diaryl/α,β-unsaturated/α-hetero) is 1. The highest BCUT2D eigenvalue weighted by atomic mass is 32.2. The molecule has 1 nitrogen and oxygen atoms in total. The summed E-state index contributed by atoms with van der Waals surface area (Å²) >= 11 is 1.64. The first-order chi connectivity index (χ1) is 9.74. The molecular formula is C18H14OS. The quantitative estimate of drug-likeness (QED) is 0.613. The maximum absolute atomic E-state index is 11.7. The van der Waals surface area contributed by atoms with Gasteiger partial charge in [-0.05, 0) is 35.9 Å². The Morgan fingerprint density at radius 1 is 0.850 bits per heavy atom. The van der Waals surface area contributed by atoms with Crippen molar-refractivity contribution < 1.29 is 4.79 Å². The molecule has 0 aliphatic heterocycles. The standard InChI is InChI=1S/C18H14OS/c1-13(19)17-8-4-5-9-18(17)20-16-11-10-14-6-2-3-7-15(14)12-16/h2-12H,1H3. The van der Waals surface area contributed by atoms with E-state index in [2.05, 4.69) is 30.3 Å². The van der Waals surface area contributed by atoms with E-state index in [4.69, 9.17) is 0 Å². The van der Waals surface area contributed by atoms with Crippen LogP contribution in [0, 0.1) is 0 Å². The molecule has 0 N–H and O–H groups in total. The van der Waals surface area contributed by atoms with Crippen molar-refractivity contribution in [2.45, 2.75) is 16.7 Å². The molecule has 0 saturated heterocycles. The van der Waals surface area contributed by atoms with Crippen molar-refractivity contribution >= 4 is 28.3 Å². The van der Waals surface area contributed by atoms with E-state index in [0.29, 0.717) is 0 Å². The van der Waals surface area contributed by atoms with E-state index in [9.17, 15) is 4.79 Å². The molecular weight excluding hydrogens is 264 g/mol. The van der Waals surface area contributed by atoms with Crippen LogP contribution >= 0.6 is 11.8 Å². The molecule has 0 radical (unpaired) electrons. The van der Waals surface area contributed by atoms with Gasteiger partial charge in [0, 0.05) is 15.4 Å². The molecule has 0 amide bonds. The number of carbonyl (C=O) groups excluding carboxylic acids is 1. The molecule has 0 atom stereocenters. The molecule has 3 aromatic rings. The Morgan fingerprint density at radius 3 is 2.35 bits per heavy atom. The first-order valence-electron chi connectivity index (χ1n) is 6.51. The summed E-state index contributed by atoms with van der Waals surface area (Å²) in [4.78, 5) is 13.8. The number of benzene rings is 3. The minimum atomic E-state index is 0.105. The van der Waals surface area contributed by atoms with Crippen molar-refractivity contribution in [2.24, 2.45) is 0 Å². The van der Waals surface area contributed by atoms with E-state index in [1.807, 2.05) is 36.4 Å². The number of ketones is 1. The predicted octanol–water partition coefficient (Wildman–Crippen LogP) is 5.19. The Bertz CT molecular complexity index is 777. The van der Waals surface area contributed by atoms with E-state index in [1.165, 1.54) is 10.8 Å². The van der Waals surface area contributed by atoms with E-state index in [0.717, 1.165) is 15.4 Å². The predicted molar refractivity (Wildman–Crippen MR) is 84.5 cm³/mol. The molecule has 0 fully saturated rings. The Hall–Kier alpha value is -2.06. The number of carbonyl (C=O) groups is 1. The average molecular weight is 278 g/mol. The van der Waals surface area contributed by atoms with Gasteiger partial charge < -0.3 is 0 Å². The second kappa shape index (κ2) is 5.51. The van der Waals surface area contributed by atoms with Gasteiger partial charge in [-0.15, -0.1) is 0 Å². The van der Waals surface area contributed by atoms with Crippen molar-refractivity contribution in [3.8, 4) is 0 Å². The molecule has 0 unspecified atom stereocenters. The number of hydrogen-bond donors (Lipinski definition) is 0. The topological polar surface area (TPSA) is 17.1 Å². The van der Waals surface area contributed by atoms with Crippen LogP contribution in [0.1, 0.15) is 17.3 Å². The second-order valence-electron chi connectivity index (χ2n) is 4.66. The summed E-state index contributed by atoms with van der Waals surface area (Å²) in [5, 5.41) is 2.45. The Kier molecular flexibility index (Phi) is 3.57. The van der Waals surface area contributed by atoms with Crippen LogP contribution in [0.3, 0.4) is 0 Å². The van der Waals surface area contributed by atoms with Gasteiger partial charge >= 0.3 is 0 Å². The van der Waals surface area contributed by atoms with Gasteiger partial charge in [0.25, 0.3) is 0 Å². The molecule has 0 aliphatic carbocycles. The molecule has 3 rings (SSSR count). The molecule has 0 saturated carbocycles. The van der Waals surface area contributed by atoms with Crippen LogP contribution in [-0.4, -0.2) is 5.78 Å². The molecule has 0 bridgehead atoms. The van der Waals surface area contributed by atoms with Crippen LogP contribution in [0.25, 0.3) is 10.8 Å². The summed E-state index contributed by atoms with van der Waals surface area (Å²) in [5.41, 5.74) is 0.783. The van der Waals surface area contributed by atoms with Crippen LogP contribution in [0.15, 0.2) is 76.5 Å². The lowest BCUT2D eigenvalue weighted by Crippen LogP contribution is -1.94. The van der Waals surface area contributed by atoms with Gasteiger partial charge in [-0.25, -0.2) is 0 Å². The van der Waals surface area contributed by atoms with Crippen LogP contribution in [0.4, 0.5) is 0 Å². The molecule has 20 heavy (non-hydrogen) atoms. The molecule has 0 heterocycles. The van der Waals surface area contributed by atoms with E-state index in [-0.39, 0.29) is 5.78 Å². The molecule has 3 aromatic carbocycles. The van der Waals surface area contributed by atoms with Crippen molar-refractivity contribution in [1.82, 2.24) is 0 Å². The zero-order valence-electron chi connectivity index (χ0n) is 11.2. The summed E-state index contributed by atoms with van der Waals surface area (Å²) in [6, 6.07) is 22.4. The maximum Gasteiger partial charge on any atom is 0.160 e. The van der Waals surface area contributed by atoms with Crippen molar-refractivity contribution in [2.75, 3.05) is 0 Å². The van der Waals surface area contributed by atoms with E-state index >= 15 is 0 Å². The van der Waals surface area contributed by atoms with Crippen LogP contribution in [0.5, 0.6) is 0 Å². The monoisotopic (exact) mass is 278 g/mol. The largest absolute Gasteiger partial charge is 0.294 e. The lowest BCUT2D eigenvalue weighted by molar-refractivity contribution is 0.101. The fourth-order valence-corrected chi connectivity index (χ4v) is 3.25. The van der Waals surface area contributed by atoms with Gasteiger partial charge in [-0.2, -0.15) is 0 Å². The smallest absolute Gasteiger partial charge is 0.160 e.